The number of hydrogen-bond acceptors (Lipinski definition) is 12. The first-order chi connectivity index (χ1) is 25.5. The Bertz CT molecular complexity index is 1860. The minimum atomic E-state index is -3.10. The number of cyclic esters (lactones) is 1. The number of nitro groups is 2. The summed E-state index contributed by atoms with van der Waals surface area (Å²) in [4.78, 5) is 65.2. The Hall–Kier alpha value is -4.64. The first-order valence-electron chi connectivity index (χ1n) is 17.4. The first-order valence-corrected chi connectivity index (χ1v) is 20.1. The van der Waals surface area contributed by atoms with Gasteiger partial charge in [0.2, 0.25) is 0 Å². The van der Waals surface area contributed by atoms with Crippen LogP contribution in [0, 0.1) is 39.9 Å². The van der Waals surface area contributed by atoms with Crippen LogP contribution >= 0.6 is 19.0 Å². The molecule has 0 aromatic heterocycles. The van der Waals surface area contributed by atoms with Crippen LogP contribution in [0.2, 0.25) is 5.02 Å². The monoisotopic (exact) mass is 815 g/mol. The van der Waals surface area contributed by atoms with Gasteiger partial charge < -0.3 is 30.5 Å². The van der Waals surface area contributed by atoms with Crippen molar-refractivity contribution >= 4 is 59.7 Å². The zero-order valence-electron chi connectivity index (χ0n) is 31.7. The number of nitro benzene ring substituents is 2. The molecule has 2 aromatic carbocycles. The number of aliphatic carboxylic acids is 1. The van der Waals surface area contributed by atoms with Gasteiger partial charge in [-0.05, 0) is 89.8 Å². The molecule has 2 aromatic rings. The lowest BCUT2D eigenvalue weighted by Crippen LogP contribution is -2.30. The van der Waals surface area contributed by atoms with Crippen LogP contribution in [0.15, 0.2) is 29.5 Å². The van der Waals surface area contributed by atoms with Crippen molar-refractivity contribution in [2.45, 2.75) is 105 Å². The predicted molar refractivity (Wildman–Crippen MR) is 205 cm³/mol. The van der Waals surface area contributed by atoms with Crippen molar-refractivity contribution in [2.75, 3.05) is 23.0 Å². The van der Waals surface area contributed by atoms with Gasteiger partial charge in [-0.3, -0.25) is 34.4 Å². The second-order valence-electron chi connectivity index (χ2n) is 13.3. The van der Waals surface area contributed by atoms with Crippen LogP contribution in [0.25, 0.3) is 0 Å². The number of anilines is 2. The Kier molecular flexibility index (Phi) is 17.2. The van der Waals surface area contributed by atoms with Crippen LogP contribution in [0.3, 0.4) is 0 Å². The number of allylic oxidation sites excluding steroid dienone is 1. The normalized spacial score (nSPS) is 15.6. The number of nitrogens with two attached hydrogens (primary N) is 1. The van der Waals surface area contributed by atoms with Gasteiger partial charge in [0.15, 0.2) is 18.8 Å². The third kappa shape index (κ3) is 13.0. The number of nitrogens with one attached hydrogen (secondary N) is 1. The fraction of sp³-hybridized carbons (Fsp3) is 0.514. The zero-order chi connectivity index (χ0) is 41.9. The molecule has 1 aliphatic carbocycles. The Morgan fingerprint density at radius 1 is 1.15 bits per heavy atom. The molecule has 4 rings (SSSR count). The molecule has 17 nitrogen and oxygen atoms in total. The smallest absolute Gasteiger partial charge is 0.427 e. The molecule has 0 radical (unpaired) electrons. The van der Waals surface area contributed by atoms with E-state index in [2.05, 4.69) is 5.32 Å². The number of carbonyl (C=O) groups is 3. The molecular formula is C35H48ClFN5O12P. The van der Waals surface area contributed by atoms with E-state index in [-0.39, 0.29) is 64.0 Å². The highest BCUT2D eigenvalue weighted by Gasteiger charge is 2.40. The van der Waals surface area contributed by atoms with Crippen molar-refractivity contribution in [2.24, 2.45) is 5.73 Å². The molecule has 1 aliphatic heterocycles. The summed E-state index contributed by atoms with van der Waals surface area (Å²) in [7, 11) is -3.10. The quantitative estimate of drug-likeness (QED) is 0.0647. The van der Waals surface area contributed by atoms with E-state index in [0.29, 0.717) is 21.6 Å². The van der Waals surface area contributed by atoms with E-state index >= 15 is 0 Å². The molecule has 1 saturated carbocycles. The molecule has 2 unspecified atom stereocenters. The first kappa shape index (κ1) is 46.5. The summed E-state index contributed by atoms with van der Waals surface area (Å²) in [5, 5.41) is 33.8. The molecule has 2 atom stereocenters. The number of rotatable bonds is 13. The molecule has 5 N–H and O–H groups in total. The van der Waals surface area contributed by atoms with Crippen molar-refractivity contribution in [1.29, 1.82) is 0 Å². The van der Waals surface area contributed by atoms with Gasteiger partial charge in [-0.15, -0.1) is 0 Å². The van der Waals surface area contributed by atoms with E-state index < -0.39 is 47.0 Å². The lowest BCUT2D eigenvalue weighted by Gasteiger charge is -2.18. The molecule has 55 heavy (non-hydrogen) atoms. The minimum absolute atomic E-state index is 0.00962. The average Bonchev–Trinajstić information content (AvgIpc) is 3.71. The van der Waals surface area contributed by atoms with E-state index in [9.17, 15) is 43.6 Å². The maximum atomic E-state index is 14.3. The van der Waals surface area contributed by atoms with Crippen molar-refractivity contribution in [3.8, 4) is 5.75 Å². The fourth-order valence-corrected chi connectivity index (χ4v) is 6.40. The molecule has 304 valence electrons. The van der Waals surface area contributed by atoms with E-state index in [4.69, 9.17) is 36.8 Å². The summed E-state index contributed by atoms with van der Waals surface area (Å²) in [6.07, 6.45) is 4.47. The van der Waals surface area contributed by atoms with E-state index in [0.717, 1.165) is 44.6 Å². The number of ether oxygens (including phenoxy) is 2. The van der Waals surface area contributed by atoms with Crippen LogP contribution in [0.5, 0.6) is 5.75 Å². The summed E-state index contributed by atoms with van der Waals surface area (Å²) in [6.45, 7) is 11.6. The van der Waals surface area contributed by atoms with E-state index in [1.165, 1.54) is 18.8 Å². The average molecular weight is 816 g/mol. The lowest BCUT2D eigenvalue weighted by atomic mass is 10.0. The molecule has 0 spiro atoms. The van der Waals surface area contributed by atoms with Gasteiger partial charge >= 0.3 is 23.7 Å². The Morgan fingerprint density at radius 3 is 2.18 bits per heavy atom. The predicted octanol–water partition coefficient (Wildman–Crippen LogP) is 7.99. The van der Waals surface area contributed by atoms with Gasteiger partial charge in [-0.25, -0.2) is 14.1 Å². The van der Waals surface area contributed by atoms with Gasteiger partial charge in [0, 0.05) is 36.6 Å². The maximum absolute atomic E-state index is 14.3. The standard InChI is InChI=1S/C17H17ClFNO4.C13H19N3O4.C5H12NO4P/c1-9(2)15-16(21)20(17(22)24-15)13-8-14(11(18)7-12(13)19)23-10-5-3-4-6-10;1-5-10(6-2)14-12-11(15(17)18)7-8(3)9(4)13(12)16(19)20;1-11(9,10)3-2-4(6)5(7)8/h7-8,10H,3-6H2,1-2H3;7,10,14H,5-6H2,1-4H3;4H,2-3,6H2,1H3,(H,7,8)(H,9,10). The Balaban J connectivity index is 0.000000306. The highest BCUT2D eigenvalue weighted by Crippen LogP contribution is 2.40. The highest BCUT2D eigenvalue weighted by molar-refractivity contribution is 7.57. The van der Waals surface area contributed by atoms with Crippen LogP contribution < -0.4 is 20.7 Å². The zero-order valence-corrected chi connectivity index (χ0v) is 33.4. The summed E-state index contributed by atoms with van der Waals surface area (Å²) in [5.74, 6) is -2.47. The third-order valence-corrected chi connectivity index (χ3v) is 10.1. The summed E-state index contributed by atoms with van der Waals surface area (Å²) in [6, 6.07) is 2.64. The molecule has 2 aliphatic rings. The number of halogens is 2. The summed E-state index contributed by atoms with van der Waals surface area (Å²) >= 11 is 6.04. The topological polar surface area (TPSA) is 255 Å². The molecule has 1 saturated heterocycles. The van der Waals surface area contributed by atoms with Gasteiger partial charge in [-0.1, -0.05) is 25.4 Å². The summed E-state index contributed by atoms with van der Waals surface area (Å²) in [5.41, 5.74) is 5.96. The maximum Gasteiger partial charge on any atom is 0.427 e. The number of amides is 2. The number of aryl methyl sites for hydroxylation is 1. The van der Waals surface area contributed by atoms with Crippen LogP contribution in [-0.2, 0) is 18.9 Å². The number of carboxylic acid groups (broad SMARTS) is 1. The van der Waals surface area contributed by atoms with E-state index in [1.54, 1.807) is 27.7 Å². The highest BCUT2D eigenvalue weighted by atomic mass is 35.5. The molecular weight excluding hydrogens is 768 g/mol. The molecule has 1 heterocycles. The molecule has 0 bridgehead atoms. The Labute approximate surface area is 322 Å². The van der Waals surface area contributed by atoms with Crippen molar-refractivity contribution in [3.63, 3.8) is 0 Å². The van der Waals surface area contributed by atoms with Crippen molar-refractivity contribution in [3.05, 3.63) is 71.7 Å². The van der Waals surface area contributed by atoms with Gasteiger partial charge in [0.25, 0.3) is 5.69 Å². The number of hydrogen-bond donors (Lipinski definition) is 4. The van der Waals surface area contributed by atoms with Crippen molar-refractivity contribution in [1.82, 2.24) is 0 Å². The van der Waals surface area contributed by atoms with Crippen LogP contribution in [-0.4, -0.2) is 68.8 Å². The van der Waals surface area contributed by atoms with Crippen LogP contribution in [0.4, 0.5) is 31.9 Å². The summed E-state index contributed by atoms with van der Waals surface area (Å²) < 4.78 is 35.7. The second-order valence-corrected chi connectivity index (χ2v) is 16.3. The molecule has 2 amide bonds. The number of benzene rings is 2. The number of carbonyl (C=O) groups excluding carboxylic acids is 2. The van der Waals surface area contributed by atoms with Gasteiger partial charge in [-0.2, -0.15) is 0 Å². The third-order valence-electron chi connectivity index (χ3n) is 8.74. The number of nitrogens with zero attached hydrogens (tertiary/aromatic N) is 3. The van der Waals surface area contributed by atoms with Crippen molar-refractivity contribution < 1.29 is 52.7 Å². The fourth-order valence-electron chi connectivity index (χ4n) is 5.45. The lowest BCUT2D eigenvalue weighted by molar-refractivity contribution is -0.392. The second kappa shape index (κ2) is 20.3. The SMILES string of the molecule is CC(C)=C1OC(=O)N(c2cc(OC3CCCC3)c(Cl)cc2F)C1=O.CCC(CC)Nc1c([N+](=O)[O-])cc(C)c(C)c1[N+](=O)[O-].CP(=O)(O)CCC(N)C(=O)O. The van der Waals surface area contributed by atoms with Gasteiger partial charge in [0.1, 0.15) is 17.6 Å². The molecule has 20 heteroatoms. The number of imide groups is 1. The van der Waals surface area contributed by atoms with Crippen LogP contribution in [0.1, 0.15) is 83.8 Å². The Morgan fingerprint density at radius 2 is 1.73 bits per heavy atom. The molecule has 2 fully saturated rings. The minimum Gasteiger partial charge on any atom is -0.489 e. The largest absolute Gasteiger partial charge is 0.489 e. The van der Waals surface area contributed by atoms with E-state index in [1.807, 2.05) is 13.8 Å². The number of carboxylic acids is 1. The van der Waals surface area contributed by atoms with Gasteiger partial charge in [0.05, 0.1) is 26.7 Å².